The highest BCUT2D eigenvalue weighted by Gasteiger charge is 2.46. The molecule has 6 nitrogen and oxygen atoms in total. The minimum absolute atomic E-state index is 0.0254. The van der Waals surface area contributed by atoms with Gasteiger partial charge in [-0.2, -0.15) is 0 Å². The van der Waals surface area contributed by atoms with Crippen molar-refractivity contribution < 1.29 is 24.2 Å². The Morgan fingerprint density at radius 2 is 2.19 bits per heavy atom. The van der Waals surface area contributed by atoms with E-state index in [1.807, 2.05) is 6.92 Å². The van der Waals surface area contributed by atoms with Gasteiger partial charge in [0.1, 0.15) is 5.41 Å². The summed E-state index contributed by atoms with van der Waals surface area (Å²) in [7, 11) is 1.49. The van der Waals surface area contributed by atoms with Crippen molar-refractivity contribution in [2.24, 2.45) is 5.41 Å². The van der Waals surface area contributed by atoms with Gasteiger partial charge in [-0.1, -0.05) is 0 Å². The summed E-state index contributed by atoms with van der Waals surface area (Å²) in [4.78, 5) is 25.3. The van der Waals surface area contributed by atoms with Gasteiger partial charge in [-0.15, -0.1) is 0 Å². The molecule has 0 radical (unpaired) electrons. The van der Waals surface area contributed by atoms with Crippen LogP contribution in [0.4, 0.5) is 0 Å². The molecule has 3 unspecified atom stereocenters. The summed E-state index contributed by atoms with van der Waals surface area (Å²) in [5.41, 5.74) is -0.942. The molecule has 0 saturated carbocycles. The lowest BCUT2D eigenvalue weighted by Crippen LogP contribution is -2.40. The second kappa shape index (κ2) is 6.75. The molecule has 2 aliphatic heterocycles. The predicted molar refractivity (Wildman–Crippen MR) is 75.9 cm³/mol. The monoisotopic (exact) mass is 299 g/mol. The van der Waals surface area contributed by atoms with Gasteiger partial charge >= 0.3 is 5.97 Å². The number of likely N-dealkylation sites (tertiary alicyclic amines) is 1. The van der Waals surface area contributed by atoms with Crippen LogP contribution in [0.5, 0.6) is 0 Å². The highest BCUT2D eigenvalue weighted by atomic mass is 16.5. The quantitative estimate of drug-likeness (QED) is 0.799. The number of carboxylic acid groups (broad SMARTS) is 1. The average Bonchev–Trinajstić information content (AvgIpc) is 3.04. The topological polar surface area (TPSA) is 76.1 Å². The molecule has 2 saturated heterocycles. The second-order valence-electron chi connectivity index (χ2n) is 6.27. The van der Waals surface area contributed by atoms with E-state index < -0.39 is 11.4 Å². The standard InChI is InChI=1S/C15H25NO5/c1-11-3-4-12(21-11)5-6-13(17)16-8-7-15(9-16,10-20-2)14(18)19/h11-12H,3-10H2,1-2H3,(H,18,19). The fraction of sp³-hybridized carbons (Fsp3) is 0.867. The van der Waals surface area contributed by atoms with Gasteiger partial charge in [0.25, 0.3) is 0 Å². The number of aliphatic carboxylic acids is 1. The molecule has 120 valence electrons. The number of hydrogen-bond donors (Lipinski definition) is 1. The lowest BCUT2D eigenvalue weighted by Gasteiger charge is -2.24. The van der Waals surface area contributed by atoms with Crippen LogP contribution in [-0.2, 0) is 19.1 Å². The maximum atomic E-state index is 12.2. The summed E-state index contributed by atoms with van der Waals surface area (Å²) in [5.74, 6) is -0.856. The highest BCUT2D eigenvalue weighted by molar-refractivity contribution is 5.80. The summed E-state index contributed by atoms with van der Waals surface area (Å²) in [5, 5.41) is 9.39. The highest BCUT2D eigenvalue weighted by Crippen LogP contribution is 2.32. The van der Waals surface area contributed by atoms with Gasteiger partial charge in [0, 0.05) is 26.6 Å². The van der Waals surface area contributed by atoms with Crippen LogP contribution in [0, 0.1) is 5.41 Å². The van der Waals surface area contributed by atoms with Crippen molar-refractivity contribution in [3.8, 4) is 0 Å². The Balaban J connectivity index is 1.82. The number of carbonyl (C=O) groups is 2. The number of rotatable bonds is 6. The van der Waals surface area contributed by atoms with Crippen molar-refractivity contribution in [1.29, 1.82) is 0 Å². The van der Waals surface area contributed by atoms with Gasteiger partial charge in [0.15, 0.2) is 0 Å². The minimum atomic E-state index is -0.942. The van der Waals surface area contributed by atoms with Gasteiger partial charge in [0.2, 0.25) is 5.91 Å². The normalized spacial score (nSPS) is 32.6. The molecule has 21 heavy (non-hydrogen) atoms. The fourth-order valence-corrected chi connectivity index (χ4v) is 3.26. The SMILES string of the molecule is COCC1(C(=O)O)CCN(C(=O)CCC2CCC(C)O2)C1. The lowest BCUT2D eigenvalue weighted by molar-refractivity contribution is -0.151. The van der Waals surface area contributed by atoms with Gasteiger partial charge in [-0.3, -0.25) is 9.59 Å². The first kappa shape index (κ1) is 16.2. The number of methoxy groups -OCH3 is 1. The molecular weight excluding hydrogens is 274 g/mol. The number of amides is 1. The summed E-state index contributed by atoms with van der Waals surface area (Å²) in [6, 6.07) is 0. The zero-order valence-electron chi connectivity index (χ0n) is 12.8. The Morgan fingerprint density at radius 3 is 2.76 bits per heavy atom. The third-order valence-corrected chi connectivity index (χ3v) is 4.58. The number of ether oxygens (including phenoxy) is 2. The molecule has 2 rings (SSSR count). The zero-order valence-corrected chi connectivity index (χ0v) is 12.8. The summed E-state index contributed by atoms with van der Waals surface area (Å²) < 4.78 is 10.7. The first-order chi connectivity index (χ1) is 9.97. The predicted octanol–water partition coefficient (Wildman–Crippen LogP) is 1.28. The molecule has 2 fully saturated rings. The molecule has 0 aromatic heterocycles. The smallest absolute Gasteiger partial charge is 0.313 e. The van der Waals surface area contributed by atoms with Crippen molar-refractivity contribution in [3.63, 3.8) is 0 Å². The Labute approximate surface area is 125 Å². The molecule has 0 aromatic rings. The van der Waals surface area contributed by atoms with Crippen molar-refractivity contribution in [1.82, 2.24) is 4.90 Å². The Hall–Kier alpha value is -1.14. The molecule has 3 atom stereocenters. The van der Waals surface area contributed by atoms with Crippen molar-refractivity contribution in [2.75, 3.05) is 26.8 Å². The molecular formula is C15H25NO5. The van der Waals surface area contributed by atoms with Crippen LogP contribution in [-0.4, -0.2) is 60.9 Å². The van der Waals surface area contributed by atoms with E-state index in [4.69, 9.17) is 9.47 Å². The van der Waals surface area contributed by atoms with E-state index in [2.05, 4.69) is 0 Å². The van der Waals surface area contributed by atoms with Crippen LogP contribution >= 0.6 is 0 Å². The number of hydrogen-bond acceptors (Lipinski definition) is 4. The van der Waals surface area contributed by atoms with Crippen molar-refractivity contribution in [2.45, 2.75) is 51.2 Å². The Morgan fingerprint density at radius 1 is 1.43 bits per heavy atom. The van der Waals surface area contributed by atoms with Gasteiger partial charge in [-0.25, -0.2) is 0 Å². The third kappa shape index (κ3) is 3.74. The van der Waals surface area contributed by atoms with Crippen LogP contribution < -0.4 is 0 Å². The molecule has 0 spiro atoms. The van der Waals surface area contributed by atoms with E-state index in [9.17, 15) is 14.7 Å². The molecule has 0 bridgehead atoms. The van der Waals surface area contributed by atoms with Crippen LogP contribution in [0.3, 0.4) is 0 Å². The minimum Gasteiger partial charge on any atom is -0.481 e. The van der Waals surface area contributed by atoms with Crippen LogP contribution in [0.25, 0.3) is 0 Å². The number of nitrogens with zero attached hydrogens (tertiary/aromatic N) is 1. The van der Waals surface area contributed by atoms with Crippen molar-refractivity contribution in [3.05, 3.63) is 0 Å². The number of carbonyl (C=O) groups excluding carboxylic acids is 1. The Bertz CT molecular complexity index is 400. The van der Waals surface area contributed by atoms with Gasteiger partial charge < -0.3 is 19.5 Å². The Kier molecular flexibility index (Phi) is 5.22. The lowest BCUT2D eigenvalue weighted by atomic mass is 9.88. The van der Waals surface area contributed by atoms with Crippen LogP contribution in [0.1, 0.15) is 39.0 Å². The second-order valence-corrected chi connectivity index (χ2v) is 6.27. The maximum Gasteiger partial charge on any atom is 0.313 e. The van der Waals surface area contributed by atoms with E-state index in [1.165, 1.54) is 7.11 Å². The molecule has 1 N–H and O–H groups in total. The molecule has 1 amide bonds. The van der Waals surface area contributed by atoms with E-state index in [1.54, 1.807) is 4.90 Å². The van der Waals surface area contributed by atoms with Gasteiger partial charge in [0.05, 0.1) is 18.8 Å². The summed E-state index contributed by atoms with van der Waals surface area (Å²) >= 11 is 0. The summed E-state index contributed by atoms with van der Waals surface area (Å²) in [6.07, 6.45) is 4.15. The number of carboxylic acids is 1. The third-order valence-electron chi connectivity index (χ3n) is 4.58. The van der Waals surface area contributed by atoms with E-state index in [0.717, 1.165) is 19.3 Å². The van der Waals surface area contributed by atoms with Gasteiger partial charge in [-0.05, 0) is 32.6 Å². The molecule has 2 aliphatic rings. The molecule has 0 aliphatic carbocycles. The maximum absolute atomic E-state index is 12.2. The molecule has 2 heterocycles. The van der Waals surface area contributed by atoms with E-state index in [-0.39, 0.29) is 25.2 Å². The average molecular weight is 299 g/mol. The first-order valence-electron chi connectivity index (χ1n) is 7.62. The van der Waals surface area contributed by atoms with Crippen LogP contribution in [0.15, 0.2) is 0 Å². The fourth-order valence-electron chi connectivity index (χ4n) is 3.26. The zero-order chi connectivity index (χ0) is 15.5. The molecule has 0 aromatic carbocycles. The van der Waals surface area contributed by atoms with Crippen molar-refractivity contribution >= 4 is 11.9 Å². The first-order valence-corrected chi connectivity index (χ1v) is 7.62. The van der Waals surface area contributed by atoms with E-state index in [0.29, 0.717) is 25.5 Å². The van der Waals surface area contributed by atoms with E-state index >= 15 is 0 Å². The van der Waals surface area contributed by atoms with Crippen LogP contribution in [0.2, 0.25) is 0 Å². The largest absolute Gasteiger partial charge is 0.481 e. The molecule has 6 heteroatoms. The summed E-state index contributed by atoms with van der Waals surface area (Å²) in [6.45, 7) is 2.94.